The summed E-state index contributed by atoms with van der Waals surface area (Å²) >= 11 is 0. The van der Waals surface area contributed by atoms with Crippen molar-refractivity contribution in [2.24, 2.45) is 0 Å². The molecule has 0 aliphatic rings. The first-order chi connectivity index (χ1) is 10.4. The fourth-order valence-corrected chi connectivity index (χ4v) is 0.965. The Hall–Kier alpha value is -2.62. The molecule has 0 heterocycles. The molecule has 0 radical (unpaired) electrons. The van der Waals surface area contributed by atoms with Crippen molar-refractivity contribution in [2.75, 3.05) is 13.7 Å². The highest BCUT2D eigenvalue weighted by Gasteiger charge is 1.95. The van der Waals surface area contributed by atoms with E-state index in [9.17, 15) is 9.59 Å². The summed E-state index contributed by atoms with van der Waals surface area (Å²) in [6, 6.07) is 10.0. The van der Waals surface area contributed by atoms with Gasteiger partial charge in [0.2, 0.25) is 0 Å². The monoisotopic (exact) mass is 304 g/mol. The number of carbonyl (C=O) groups excluding carboxylic acids is 2. The summed E-state index contributed by atoms with van der Waals surface area (Å²) in [5.74, 6) is -0.706. The molecule has 1 rings (SSSR count). The summed E-state index contributed by atoms with van der Waals surface area (Å²) in [4.78, 5) is 20.3. The number of hydrogen-bond acceptors (Lipinski definition) is 4. The van der Waals surface area contributed by atoms with Crippen LogP contribution in [0.5, 0.6) is 0 Å². The van der Waals surface area contributed by atoms with Gasteiger partial charge in [-0.2, -0.15) is 0 Å². The predicted octanol–water partition coefficient (Wildman–Crippen LogP) is 3.80. The van der Waals surface area contributed by atoms with Crippen LogP contribution in [-0.4, -0.2) is 25.7 Å². The van der Waals surface area contributed by atoms with Crippen molar-refractivity contribution in [2.45, 2.75) is 13.8 Å². The van der Waals surface area contributed by atoms with Crippen molar-refractivity contribution in [3.8, 4) is 0 Å². The Balaban J connectivity index is 0. The lowest BCUT2D eigenvalue weighted by Gasteiger charge is -1.91. The van der Waals surface area contributed by atoms with Crippen LogP contribution in [0.4, 0.5) is 0 Å². The average Bonchev–Trinajstić information content (AvgIpc) is 2.56. The second kappa shape index (κ2) is 14.8. The van der Waals surface area contributed by atoms with E-state index in [0.717, 1.165) is 6.08 Å². The molecule has 4 nitrogen and oxygen atoms in total. The number of rotatable bonds is 4. The molecule has 1 aromatic rings. The molecule has 4 heteroatoms. The molecule has 0 unspecified atom stereocenters. The Morgan fingerprint density at radius 2 is 1.73 bits per heavy atom. The van der Waals surface area contributed by atoms with Gasteiger partial charge in [0.25, 0.3) is 0 Å². The lowest BCUT2D eigenvalue weighted by Crippen LogP contribution is -1.98. The first-order valence-electron chi connectivity index (χ1n) is 6.63. The van der Waals surface area contributed by atoms with Crippen LogP contribution < -0.4 is 0 Å². The minimum Gasteiger partial charge on any atom is -0.466 e. The fraction of sp³-hybridized carbons (Fsp3) is 0.222. The van der Waals surface area contributed by atoms with Gasteiger partial charge in [0.15, 0.2) is 0 Å². The summed E-state index contributed by atoms with van der Waals surface area (Å²) in [6.07, 6.45) is 2.98. The van der Waals surface area contributed by atoms with E-state index in [4.69, 9.17) is 0 Å². The van der Waals surface area contributed by atoms with Gasteiger partial charge >= 0.3 is 11.9 Å². The van der Waals surface area contributed by atoms with Gasteiger partial charge in [-0.3, -0.25) is 0 Å². The molecule has 0 aliphatic carbocycles. The van der Waals surface area contributed by atoms with Crippen LogP contribution in [0, 0.1) is 0 Å². The lowest BCUT2D eigenvalue weighted by molar-refractivity contribution is -0.137. The Morgan fingerprint density at radius 1 is 1.18 bits per heavy atom. The van der Waals surface area contributed by atoms with Crippen LogP contribution in [0.25, 0.3) is 6.08 Å². The zero-order valence-corrected chi connectivity index (χ0v) is 13.5. The van der Waals surface area contributed by atoms with Crippen LogP contribution in [0.15, 0.2) is 61.7 Å². The summed E-state index contributed by atoms with van der Waals surface area (Å²) in [6.45, 7) is 14.0. The van der Waals surface area contributed by atoms with Gasteiger partial charge in [-0.05, 0) is 19.4 Å². The second-order valence-corrected chi connectivity index (χ2v) is 3.84. The largest absolute Gasteiger partial charge is 0.466 e. The van der Waals surface area contributed by atoms with E-state index in [1.165, 1.54) is 12.7 Å². The molecule has 0 N–H and O–H groups in total. The number of carbonyl (C=O) groups is 2. The molecule has 0 fully saturated rings. The molecule has 0 aromatic heterocycles. The number of ether oxygens (including phenoxy) is 2. The Kier molecular flexibility index (Phi) is 14.6. The number of esters is 2. The Labute approximate surface area is 132 Å². The molecule has 22 heavy (non-hydrogen) atoms. The molecule has 0 aliphatic heterocycles. The summed E-state index contributed by atoms with van der Waals surface area (Å²) < 4.78 is 8.71. The third kappa shape index (κ3) is 13.8. The molecule has 1 aromatic carbocycles. The van der Waals surface area contributed by atoms with Crippen molar-refractivity contribution in [1.29, 1.82) is 0 Å². The molecule has 0 atom stereocenters. The van der Waals surface area contributed by atoms with E-state index in [2.05, 4.69) is 29.2 Å². The highest BCUT2D eigenvalue weighted by molar-refractivity contribution is 5.86. The SMILES string of the molecule is C=C(C)C(=O)OC.C=CC(=O)OCC.C=Cc1ccccc1. The van der Waals surface area contributed by atoms with Crippen molar-refractivity contribution < 1.29 is 19.1 Å². The zero-order chi connectivity index (χ0) is 17.4. The van der Waals surface area contributed by atoms with Crippen LogP contribution in [0.3, 0.4) is 0 Å². The summed E-state index contributed by atoms with van der Waals surface area (Å²) in [5, 5.41) is 0. The van der Waals surface area contributed by atoms with E-state index < -0.39 is 0 Å². The highest BCUT2D eigenvalue weighted by Crippen LogP contribution is 1.97. The van der Waals surface area contributed by atoms with Crippen LogP contribution in [-0.2, 0) is 19.1 Å². The summed E-state index contributed by atoms with van der Waals surface area (Å²) in [7, 11) is 1.33. The van der Waals surface area contributed by atoms with Gasteiger partial charge < -0.3 is 9.47 Å². The van der Waals surface area contributed by atoms with Gasteiger partial charge in [-0.1, -0.05) is 56.1 Å². The van der Waals surface area contributed by atoms with Crippen LogP contribution in [0.1, 0.15) is 19.4 Å². The molecule has 120 valence electrons. The molecular weight excluding hydrogens is 280 g/mol. The molecule has 0 bridgehead atoms. The third-order valence-corrected chi connectivity index (χ3v) is 2.02. The van der Waals surface area contributed by atoms with E-state index >= 15 is 0 Å². The van der Waals surface area contributed by atoms with Gasteiger partial charge in [0.1, 0.15) is 0 Å². The van der Waals surface area contributed by atoms with Gasteiger partial charge in [-0.25, -0.2) is 9.59 Å². The Bertz CT molecular complexity index is 473. The standard InChI is InChI=1S/C8H8.2C5H8O2/c1-2-8-6-4-3-5-7-8;1-4(2)5(6)7-3;1-3-5(6)7-4-2/h2-7H,1H2;1H2,2-3H3;3H,1,4H2,2H3. The normalized spacial score (nSPS) is 7.95. The molecule has 0 saturated carbocycles. The molecule has 0 amide bonds. The average molecular weight is 304 g/mol. The summed E-state index contributed by atoms with van der Waals surface area (Å²) in [5.41, 5.74) is 1.61. The minimum absolute atomic E-state index is 0.347. The topological polar surface area (TPSA) is 52.6 Å². The molecule has 0 spiro atoms. The van der Waals surface area contributed by atoms with E-state index in [-0.39, 0.29) is 11.9 Å². The zero-order valence-electron chi connectivity index (χ0n) is 13.5. The van der Waals surface area contributed by atoms with Gasteiger partial charge in [-0.15, -0.1) is 0 Å². The fourth-order valence-electron chi connectivity index (χ4n) is 0.965. The Morgan fingerprint density at radius 3 is 1.91 bits per heavy atom. The number of hydrogen-bond donors (Lipinski definition) is 0. The van der Waals surface area contributed by atoms with Crippen LogP contribution >= 0.6 is 0 Å². The molecular formula is C18H24O4. The van der Waals surface area contributed by atoms with E-state index in [0.29, 0.717) is 12.2 Å². The minimum atomic E-state index is -0.359. The van der Waals surface area contributed by atoms with Gasteiger partial charge in [0.05, 0.1) is 13.7 Å². The van der Waals surface area contributed by atoms with E-state index in [1.807, 2.05) is 36.4 Å². The second-order valence-electron chi connectivity index (χ2n) is 3.84. The first-order valence-corrected chi connectivity index (χ1v) is 6.63. The van der Waals surface area contributed by atoms with Crippen molar-refractivity contribution >= 4 is 18.0 Å². The molecule has 0 saturated heterocycles. The number of methoxy groups -OCH3 is 1. The maximum Gasteiger partial charge on any atom is 0.332 e. The maximum absolute atomic E-state index is 10.2. The van der Waals surface area contributed by atoms with Crippen molar-refractivity contribution in [3.63, 3.8) is 0 Å². The highest BCUT2D eigenvalue weighted by atomic mass is 16.5. The maximum atomic E-state index is 10.2. The van der Waals surface area contributed by atoms with E-state index in [1.54, 1.807) is 13.8 Å². The smallest absolute Gasteiger partial charge is 0.332 e. The van der Waals surface area contributed by atoms with Crippen LogP contribution in [0.2, 0.25) is 0 Å². The van der Waals surface area contributed by atoms with Crippen molar-refractivity contribution in [3.05, 3.63) is 67.3 Å². The lowest BCUT2D eigenvalue weighted by atomic mass is 10.2. The van der Waals surface area contributed by atoms with Crippen molar-refractivity contribution in [1.82, 2.24) is 0 Å². The predicted molar refractivity (Wildman–Crippen MR) is 90.2 cm³/mol. The third-order valence-electron chi connectivity index (χ3n) is 2.02. The van der Waals surface area contributed by atoms with Gasteiger partial charge in [0, 0.05) is 11.6 Å². The number of benzene rings is 1. The first kappa shape index (κ1) is 21.7. The quantitative estimate of drug-likeness (QED) is 0.627.